The molecule has 0 unspecified atom stereocenters. The molecule has 0 saturated carbocycles. The number of rotatable bonds is 6. The molecule has 92 valence electrons. The van der Waals surface area contributed by atoms with E-state index in [0.717, 1.165) is 0 Å². The zero-order valence-corrected chi connectivity index (χ0v) is 11.9. The van der Waals surface area contributed by atoms with Gasteiger partial charge in [-0.2, -0.15) is 0 Å². The Morgan fingerprint density at radius 1 is 0.889 bits per heavy atom. The number of ether oxygens (including phenoxy) is 1. The van der Waals surface area contributed by atoms with E-state index in [1.54, 1.807) is 0 Å². The van der Waals surface area contributed by atoms with E-state index < -0.39 is 0 Å². The average molecular weight is 303 g/mol. The number of hydrogen-bond donors (Lipinski definition) is 0. The molecule has 0 aliphatic carbocycles. The molecule has 0 saturated heterocycles. The molecule has 0 aromatic heterocycles. The molecule has 1 nitrogen and oxygen atoms in total. The third-order valence-corrected chi connectivity index (χ3v) is 4.20. The van der Waals surface area contributed by atoms with Crippen LogP contribution >= 0.6 is 0 Å². The van der Waals surface area contributed by atoms with Gasteiger partial charge in [-0.05, 0) is 0 Å². The van der Waals surface area contributed by atoms with E-state index in [9.17, 15) is 0 Å². The molecule has 18 heavy (non-hydrogen) atoms. The third-order valence-electron chi connectivity index (χ3n) is 2.37. The summed E-state index contributed by atoms with van der Waals surface area (Å²) in [7, 11) is 0. The van der Waals surface area contributed by atoms with Crippen LogP contribution in [0.15, 0.2) is 71.7 Å². The monoisotopic (exact) mass is 304 g/mol. The van der Waals surface area contributed by atoms with Gasteiger partial charge in [-0.3, -0.25) is 0 Å². The topological polar surface area (TPSA) is 9.23 Å². The maximum atomic E-state index is 5.58. The Morgan fingerprint density at radius 3 is 2.28 bits per heavy atom. The molecule has 0 aliphatic rings. The summed E-state index contributed by atoms with van der Waals surface area (Å²) in [5, 5.41) is 0. The van der Waals surface area contributed by atoms with E-state index in [-0.39, 0.29) is 0 Å². The van der Waals surface area contributed by atoms with Gasteiger partial charge >= 0.3 is 115 Å². The first kappa shape index (κ1) is 13.1. The SMILES string of the molecule is C(=C\[Se]c1ccccc1)/COCc1ccccc1. The van der Waals surface area contributed by atoms with Gasteiger partial charge < -0.3 is 0 Å². The Hall–Kier alpha value is -1.34. The van der Waals surface area contributed by atoms with Crippen LogP contribution in [0.5, 0.6) is 0 Å². The second kappa shape index (κ2) is 7.88. The second-order valence-corrected chi connectivity index (χ2v) is 5.86. The van der Waals surface area contributed by atoms with Crippen LogP contribution in [0.4, 0.5) is 0 Å². The summed E-state index contributed by atoms with van der Waals surface area (Å²) in [5.74, 6) is 0. The summed E-state index contributed by atoms with van der Waals surface area (Å²) in [6, 6.07) is 20.8. The van der Waals surface area contributed by atoms with E-state index in [0.29, 0.717) is 28.2 Å². The molecule has 0 N–H and O–H groups in total. The first-order valence-corrected chi connectivity index (χ1v) is 7.78. The average Bonchev–Trinajstić information content (AvgIpc) is 2.45. The van der Waals surface area contributed by atoms with Crippen LogP contribution < -0.4 is 4.46 Å². The predicted molar refractivity (Wildman–Crippen MR) is 77.1 cm³/mol. The van der Waals surface area contributed by atoms with Gasteiger partial charge in [0, 0.05) is 0 Å². The molecular formula is C16H16OSe. The van der Waals surface area contributed by atoms with Crippen molar-refractivity contribution >= 4 is 19.4 Å². The van der Waals surface area contributed by atoms with Crippen LogP contribution in [0.3, 0.4) is 0 Å². The van der Waals surface area contributed by atoms with Crippen LogP contribution in [-0.4, -0.2) is 21.6 Å². The van der Waals surface area contributed by atoms with E-state index >= 15 is 0 Å². The van der Waals surface area contributed by atoms with Gasteiger partial charge in [0.05, 0.1) is 0 Å². The number of hydrogen-bond acceptors (Lipinski definition) is 1. The van der Waals surface area contributed by atoms with Crippen molar-refractivity contribution in [2.45, 2.75) is 6.61 Å². The summed E-state index contributed by atoms with van der Waals surface area (Å²) < 4.78 is 6.97. The third kappa shape index (κ3) is 4.89. The van der Waals surface area contributed by atoms with Crippen LogP contribution in [0.2, 0.25) is 0 Å². The van der Waals surface area contributed by atoms with Crippen molar-refractivity contribution in [3.05, 3.63) is 77.3 Å². The molecule has 0 radical (unpaired) electrons. The van der Waals surface area contributed by atoms with Crippen molar-refractivity contribution in [2.24, 2.45) is 0 Å². The van der Waals surface area contributed by atoms with E-state index in [1.807, 2.05) is 24.3 Å². The molecule has 0 spiro atoms. The molecule has 0 fully saturated rings. The normalized spacial score (nSPS) is 10.9. The first-order chi connectivity index (χ1) is 8.95. The minimum absolute atomic E-state index is 0.414. The maximum absolute atomic E-state index is 5.58. The summed E-state index contributed by atoms with van der Waals surface area (Å²) >= 11 is 0.414. The van der Waals surface area contributed by atoms with Crippen LogP contribution in [-0.2, 0) is 11.3 Å². The molecule has 0 atom stereocenters. The molecule has 2 aromatic rings. The van der Waals surface area contributed by atoms with Gasteiger partial charge in [0.15, 0.2) is 0 Å². The molecule has 0 bridgehead atoms. The van der Waals surface area contributed by atoms with Gasteiger partial charge in [-0.15, -0.1) is 0 Å². The standard InChI is InChI=1S/C16H16OSe/c1-3-8-15(9-4-1)14-17-12-7-13-18-16-10-5-2-6-11-16/h1-11,13H,12,14H2/b13-7+. The van der Waals surface area contributed by atoms with Gasteiger partial charge in [0.1, 0.15) is 0 Å². The molecule has 2 heteroatoms. The van der Waals surface area contributed by atoms with Crippen LogP contribution in [0.1, 0.15) is 5.56 Å². The Balaban J connectivity index is 1.64. The van der Waals surface area contributed by atoms with Gasteiger partial charge in [0.25, 0.3) is 0 Å². The minimum atomic E-state index is 0.414. The predicted octanol–water partition coefficient (Wildman–Crippen LogP) is 2.75. The quantitative estimate of drug-likeness (QED) is 0.589. The van der Waals surface area contributed by atoms with Crippen molar-refractivity contribution in [1.82, 2.24) is 0 Å². The van der Waals surface area contributed by atoms with Gasteiger partial charge in [0.2, 0.25) is 0 Å². The second-order valence-electron chi connectivity index (χ2n) is 3.80. The van der Waals surface area contributed by atoms with Crippen molar-refractivity contribution in [3.63, 3.8) is 0 Å². The fourth-order valence-electron chi connectivity index (χ4n) is 1.48. The molecule has 0 amide bonds. The molecule has 2 rings (SSSR count). The van der Waals surface area contributed by atoms with E-state index in [1.165, 1.54) is 10.0 Å². The molecular weight excluding hydrogens is 287 g/mol. The van der Waals surface area contributed by atoms with Gasteiger partial charge in [-0.1, -0.05) is 0 Å². The van der Waals surface area contributed by atoms with Crippen molar-refractivity contribution in [1.29, 1.82) is 0 Å². The van der Waals surface area contributed by atoms with E-state index in [2.05, 4.69) is 47.4 Å². The van der Waals surface area contributed by atoms with Crippen molar-refractivity contribution < 1.29 is 4.74 Å². The van der Waals surface area contributed by atoms with Crippen LogP contribution in [0, 0.1) is 0 Å². The molecule has 0 heterocycles. The Labute approximate surface area is 115 Å². The zero-order chi connectivity index (χ0) is 12.5. The Morgan fingerprint density at radius 2 is 1.56 bits per heavy atom. The summed E-state index contributed by atoms with van der Waals surface area (Å²) in [5.41, 5.74) is 1.22. The molecule has 2 aromatic carbocycles. The number of benzene rings is 2. The summed E-state index contributed by atoms with van der Waals surface area (Å²) in [6.45, 7) is 1.37. The fourth-order valence-corrected chi connectivity index (χ4v) is 2.84. The molecule has 0 aliphatic heterocycles. The Bertz CT molecular complexity index is 465. The fraction of sp³-hybridized carbons (Fsp3) is 0.125. The Kier molecular flexibility index (Phi) is 5.74. The first-order valence-electron chi connectivity index (χ1n) is 5.93. The zero-order valence-electron chi connectivity index (χ0n) is 10.2. The van der Waals surface area contributed by atoms with Gasteiger partial charge in [-0.25, -0.2) is 0 Å². The summed E-state index contributed by atoms with van der Waals surface area (Å²) in [4.78, 5) is 2.22. The van der Waals surface area contributed by atoms with Crippen molar-refractivity contribution in [2.75, 3.05) is 6.61 Å². The summed E-state index contributed by atoms with van der Waals surface area (Å²) in [6.07, 6.45) is 2.11. The van der Waals surface area contributed by atoms with Crippen molar-refractivity contribution in [3.8, 4) is 0 Å². The van der Waals surface area contributed by atoms with Crippen LogP contribution in [0.25, 0.3) is 0 Å². The van der Waals surface area contributed by atoms with E-state index in [4.69, 9.17) is 4.74 Å².